The first-order valence-corrected chi connectivity index (χ1v) is 8.12. The lowest BCUT2D eigenvalue weighted by atomic mass is 10.0. The summed E-state index contributed by atoms with van der Waals surface area (Å²) < 4.78 is 5.15. The van der Waals surface area contributed by atoms with E-state index in [1.165, 1.54) is 11.3 Å². The summed E-state index contributed by atoms with van der Waals surface area (Å²) in [6.07, 6.45) is 2.55. The number of thiazole rings is 1. The molecule has 1 aromatic heterocycles. The molecule has 0 saturated carbocycles. The van der Waals surface area contributed by atoms with E-state index in [0.29, 0.717) is 0 Å². The first-order valence-electron chi connectivity index (χ1n) is 7.24. The number of methoxy groups -OCH3 is 1. The van der Waals surface area contributed by atoms with Crippen LogP contribution in [0.2, 0.25) is 0 Å². The molecule has 2 atom stereocenters. The van der Waals surface area contributed by atoms with Crippen LogP contribution in [0.15, 0.2) is 35.8 Å². The number of ether oxygens (including phenoxy) is 1. The summed E-state index contributed by atoms with van der Waals surface area (Å²) >= 11 is 1.53. The average molecular weight is 319 g/mol. The Labute approximate surface area is 134 Å². The van der Waals surface area contributed by atoms with Gasteiger partial charge in [-0.1, -0.05) is 19.1 Å². The molecule has 6 heteroatoms. The summed E-state index contributed by atoms with van der Waals surface area (Å²) in [5.41, 5.74) is 1.06. The second-order valence-corrected chi connectivity index (χ2v) is 5.87. The number of aromatic nitrogens is 1. The Balaban J connectivity index is 1.95. The van der Waals surface area contributed by atoms with Crippen LogP contribution in [0.3, 0.4) is 0 Å². The highest BCUT2D eigenvalue weighted by molar-refractivity contribution is 7.09. The molecule has 118 valence electrons. The minimum absolute atomic E-state index is 0.0330. The maximum absolute atomic E-state index is 12.1. The monoisotopic (exact) mass is 319 g/mol. The fourth-order valence-corrected chi connectivity index (χ4v) is 2.81. The van der Waals surface area contributed by atoms with Crippen molar-refractivity contribution >= 4 is 17.4 Å². The smallest absolute Gasteiger partial charge is 0.315 e. The second-order valence-electron chi connectivity index (χ2n) is 4.94. The highest BCUT2D eigenvalue weighted by Crippen LogP contribution is 2.20. The fourth-order valence-electron chi connectivity index (χ4n) is 2.16. The molecule has 0 saturated heterocycles. The Morgan fingerprint density at radius 3 is 2.59 bits per heavy atom. The lowest BCUT2D eigenvalue weighted by Crippen LogP contribution is -2.39. The van der Waals surface area contributed by atoms with Crippen LogP contribution in [0.4, 0.5) is 4.79 Å². The van der Waals surface area contributed by atoms with Gasteiger partial charge in [0.05, 0.1) is 19.2 Å². The Morgan fingerprint density at radius 2 is 2.05 bits per heavy atom. The van der Waals surface area contributed by atoms with E-state index in [4.69, 9.17) is 4.74 Å². The third kappa shape index (κ3) is 4.21. The van der Waals surface area contributed by atoms with Gasteiger partial charge in [0.1, 0.15) is 10.8 Å². The van der Waals surface area contributed by atoms with Crippen LogP contribution in [0.1, 0.15) is 42.9 Å². The SMILES string of the molecule is CCC(NC(=O)NC(C)c1nccs1)c1ccc(OC)cc1. The highest BCUT2D eigenvalue weighted by Gasteiger charge is 2.16. The number of urea groups is 1. The van der Waals surface area contributed by atoms with Gasteiger partial charge in [-0.15, -0.1) is 11.3 Å². The zero-order valence-corrected chi connectivity index (χ0v) is 13.8. The molecule has 2 unspecified atom stereocenters. The Bertz CT molecular complexity index is 584. The maximum atomic E-state index is 12.1. The Hall–Kier alpha value is -2.08. The normalized spacial score (nSPS) is 13.2. The third-order valence-corrected chi connectivity index (χ3v) is 4.36. The van der Waals surface area contributed by atoms with Crippen LogP contribution in [0.5, 0.6) is 5.75 Å². The molecule has 2 rings (SSSR count). The van der Waals surface area contributed by atoms with Gasteiger partial charge < -0.3 is 15.4 Å². The highest BCUT2D eigenvalue weighted by atomic mass is 32.1. The standard InChI is InChI=1S/C16H21N3O2S/c1-4-14(12-5-7-13(21-3)8-6-12)19-16(20)18-11(2)15-17-9-10-22-15/h5-11,14H,4H2,1-3H3,(H2,18,19,20). The molecule has 1 aromatic carbocycles. The predicted molar refractivity (Wildman–Crippen MR) is 88.2 cm³/mol. The van der Waals surface area contributed by atoms with Gasteiger partial charge in [0, 0.05) is 11.6 Å². The van der Waals surface area contributed by atoms with Gasteiger partial charge in [0.15, 0.2) is 0 Å². The number of amides is 2. The first-order chi connectivity index (χ1) is 10.6. The third-order valence-electron chi connectivity index (χ3n) is 3.40. The Morgan fingerprint density at radius 1 is 1.32 bits per heavy atom. The number of hydrogen-bond donors (Lipinski definition) is 2. The summed E-state index contributed by atoms with van der Waals surface area (Å²) in [5, 5.41) is 8.71. The van der Waals surface area contributed by atoms with Gasteiger partial charge in [0.2, 0.25) is 0 Å². The van der Waals surface area contributed by atoms with Crippen molar-refractivity contribution in [2.45, 2.75) is 32.4 Å². The lowest BCUT2D eigenvalue weighted by Gasteiger charge is -2.20. The van der Waals surface area contributed by atoms with E-state index in [-0.39, 0.29) is 18.1 Å². The summed E-state index contributed by atoms with van der Waals surface area (Å²) in [4.78, 5) is 16.4. The minimum atomic E-state index is -0.189. The number of benzene rings is 1. The topological polar surface area (TPSA) is 63.2 Å². The fraction of sp³-hybridized carbons (Fsp3) is 0.375. The van der Waals surface area contributed by atoms with E-state index in [9.17, 15) is 4.79 Å². The average Bonchev–Trinajstić information content (AvgIpc) is 3.07. The molecule has 2 N–H and O–H groups in total. The van der Waals surface area contributed by atoms with Gasteiger partial charge in [-0.3, -0.25) is 0 Å². The van der Waals surface area contributed by atoms with Crippen LogP contribution in [-0.4, -0.2) is 18.1 Å². The number of rotatable bonds is 6. The van der Waals surface area contributed by atoms with Gasteiger partial charge in [-0.05, 0) is 31.0 Å². The molecular weight excluding hydrogens is 298 g/mol. The molecule has 0 aliphatic rings. The van der Waals surface area contributed by atoms with Gasteiger partial charge in [-0.2, -0.15) is 0 Å². The van der Waals surface area contributed by atoms with E-state index >= 15 is 0 Å². The van der Waals surface area contributed by atoms with Crippen molar-refractivity contribution in [3.8, 4) is 5.75 Å². The number of carbonyl (C=O) groups excluding carboxylic acids is 1. The molecule has 22 heavy (non-hydrogen) atoms. The van der Waals surface area contributed by atoms with Crippen molar-refractivity contribution in [2.24, 2.45) is 0 Å². The molecule has 0 spiro atoms. The number of hydrogen-bond acceptors (Lipinski definition) is 4. The van der Waals surface area contributed by atoms with Crippen molar-refractivity contribution in [2.75, 3.05) is 7.11 Å². The van der Waals surface area contributed by atoms with Gasteiger partial charge in [-0.25, -0.2) is 9.78 Å². The van der Waals surface area contributed by atoms with E-state index in [2.05, 4.69) is 15.6 Å². The largest absolute Gasteiger partial charge is 0.497 e. The molecule has 2 amide bonds. The van der Waals surface area contributed by atoms with E-state index in [1.807, 2.05) is 43.5 Å². The quantitative estimate of drug-likeness (QED) is 0.854. The molecule has 5 nitrogen and oxygen atoms in total. The van der Waals surface area contributed by atoms with E-state index in [1.54, 1.807) is 13.3 Å². The minimum Gasteiger partial charge on any atom is -0.497 e. The van der Waals surface area contributed by atoms with Crippen molar-refractivity contribution in [1.29, 1.82) is 0 Å². The van der Waals surface area contributed by atoms with Gasteiger partial charge in [0.25, 0.3) is 0 Å². The summed E-state index contributed by atoms with van der Waals surface area (Å²) in [7, 11) is 1.64. The van der Waals surface area contributed by atoms with Crippen molar-refractivity contribution in [1.82, 2.24) is 15.6 Å². The zero-order chi connectivity index (χ0) is 15.9. The second kappa shape index (κ2) is 7.79. The molecule has 0 radical (unpaired) electrons. The molecule has 0 aliphatic heterocycles. The van der Waals surface area contributed by atoms with Crippen molar-refractivity contribution in [3.63, 3.8) is 0 Å². The number of nitrogens with zero attached hydrogens (tertiary/aromatic N) is 1. The Kier molecular flexibility index (Phi) is 5.77. The van der Waals surface area contributed by atoms with Crippen LogP contribution in [0, 0.1) is 0 Å². The molecular formula is C16H21N3O2S. The molecule has 0 aliphatic carbocycles. The maximum Gasteiger partial charge on any atom is 0.315 e. The van der Waals surface area contributed by atoms with Gasteiger partial charge >= 0.3 is 6.03 Å². The van der Waals surface area contributed by atoms with Crippen LogP contribution >= 0.6 is 11.3 Å². The van der Waals surface area contributed by atoms with Crippen molar-refractivity contribution in [3.05, 3.63) is 46.4 Å². The zero-order valence-electron chi connectivity index (χ0n) is 13.0. The first kappa shape index (κ1) is 16.3. The van der Waals surface area contributed by atoms with Crippen LogP contribution < -0.4 is 15.4 Å². The van der Waals surface area contributed by atoms with Crippen LogP contribution in [-0.2, 0) is 0 Å². The van der Waals surface area contributed by atoms with E-state index in [0.717, 1.165) is 22.7 Å². The summed E-state index contributed by atoms with van der Waals surface area (Å²) in [6, 6.07) is 7.41. The van der Waals surface area contributed by atoms with Crippen molar-refractivity contribution < 1.29 is 9.53 Å². The molecule has 2 aromatic rings. The molecule has 0 fully saturated rings. The summed E-state index contributed by atoms with van der Waals surface area (Å²) in [6.45, 7) is 3.96. The number of carbonyl (C=O) groups is 1. The van der Waals surface area contributed by atoms with Crippen LogP contribution in [0.25, 0.3) is 0 Å². The molecule has 1 heterocycles. The number of nitrogens with one attached hydrogen (secondary N) is 2. The molecule has 0 bridgehead atoms. The predicted octanol–water partition coefficient (Wildman–Crippen LogP) is 3.66. The van der Waals surface area contributed by atoms with E-state index < -0.39 is 0 Å². The summed E-state index contributed by atoms with van der Waals surface area (Å²) in [5.74, 6) is 0.806. The lowest BCUT2D eigenvalue weighted by molar-refractivity contribution is 0.233.